The molecule has 6 saturated heterocycles. The third kappa shape index (κ3) is 13.8. The van der Waals surface area contributed by atoms with Crippen molar-refractivity contribution in [2.75, 3.05) is 78.2 Å². The zero-order valence-electron chi connectivity index (χ0n) is 44.6. The Morgan fingerprint density at radius 2 is 1.00 bits per heavy atom. The first-order valence-electron chi connectivity index (χ1n) is 27.8. The summed E-state index contributed by atoms with van der Waals surface area (Å²) in [7, 11) is -3.30. The van der Waals surface area contributed by atoms with Crippen LogP contribution in [0.25, 0.3) is 33.1 Å². The summed E-state index contributed by atoms with van der Waals surface area (Å²) in [5.74, 6) is 0.449. The van der Waals surface area contributed by atoms with Crippen molar-refractivity contribution in [3.8, 4) is 33.1 Å². The summed E-state index contributed by atoms with van der Waals surface area (Å²) in [6, 6.07) is 24.8. The molecule has 6 aliphatic rings. The average Bonchev–Trinajstić information content (AvgIpc) is 4.31. The Kier molecular flexibility index (Phi) is 18.4. The molecule has 14 nitrogen and oxygen atoms in total. The standard InChI is InChI=1S/C21H27N3O3S2.2C19H23N3OS/c1-15-5-3-11-23(15)13-18-6-4-12-24(18)20(25)17-9-7-16(8-10-17)19-14-28-21(22-19)29(2,26)27;23-19(16-7-5-15(6-8-16)18-20-9-13-24-18)22-12-3-4-17(22)14-21-10-1-2-11-21;23-19(16-7-5-15(6-8-16)18-13-24-14-20-18)22-11-3-4-17(22)12-21-9-1-2-10-21/h7-10,14-15,18H,3-6,11-13H2,1-2H3;5-9,13,17H,1-4,10-12,14H2;5-8,13-14,17H,1-4,9-12H2/t15-,18+;2*17-/m100/s1. The van der Waals surface area contributed by atoms with E-state index in [0.717, 1.165) is 140 Å². The van der Waals surface area contributed by atoms with Gasteiger partial charge in [-0.3, -0.25) is 19.3 Å². The monoisotopic (exact) mass is 1120 g/mol. The first-order valence-corrected chi connectivity index (χ1v) is 32.4. The van der Waals surface area contributed by atoms with Crippen molar-refractivity contribution >= 4 is 61.6 Å². The molecule has 0 spiro atoms. The van der Waals surface area contributed by atoms with E-state index in [2.05, 4.69) is 46.4 Å². The lowest BCUT2D eigenvalue weighted by Gasteiger charge is -2.30. The van der Waals surface area contributed by atoms with Crippen molar-refractivity contribution in [1.82, 2.24) is 44.4 Å². The lowest BCUT2D eigenvalue weighted by atomic mass is 10.1. The lowest BCUT2D eigenvalue weighted by molar-refractivity contribution is 0.0692. The topological polar surface area (TPSA) is 143 Å². The maximum Gasteiger partial charge on any atom is 0.254 e. The van der Waals surface area contributed by atoms with Crippen molar-refractivity contribution in [1.29, 1.82) is 0 Å². The molecule has 0 saturated carbocycles. The maximum atomic E-state index is 13.1. The van der Waals surface area contributed by atoms with Gasteiger partial charge in [0.2, 0.25) is 14.2 Å². The second-order valence-corrected chi connectivity index (χ2v) is 26.3. The summed E-state index contributed by atoms with van der Waals surface area (Å²) in [5, 5.41) is 6.74. The van der Waals surface area contributed by atoms with Gasteiger partial charge in [-0.15, -0.1) is 34.0 Å². The molecule has 6 aromatic rings. The van der Waals surface area contributed by atoms with Crippen molar-refractivity contribution in [2.24, 2.45) is 0 Å². The Bertz CT molecular complexity index is 2860. The number of carbonyl (C=O) groups is 3. The quantitative estimate of drug-likeness (QED) is 0.109. The van der Waals surface area contributed by atoms with Crippen molar-refractivity contribution < 1.29 is 22.8 Å². The van der Waals surface area contributed by atoms with Crippen LogP contribution in [-0.2, 0) is 9.84 Å². The van der Waals surface area contributed by atoms with Crippen LogP contribution in [0.15, 0.2) is 105 Å². The molecule has 77 heavy (non-hydrogen) atoms. The van der Waals surface area contributed by atoms with Gasteiger partial charge in [0.15, 0.2) is 0 Å². The third-order valence-corrected chi connectivity index (χ3v) is 20.2. The Labute approximate surface area is 467 Å². The van der Waals surface area contributed by atoms with Crippen LogP contribution in [0.3, 0.4) is 0 Å². The molecule has 4 atom stereocenters. The number of amides is 3. The number of nitrogens with zero attached hydrogens (tertiary/aromatic N) is 9. The van der Waals surface area contributed by atoms with Gasteiger partial charge >= 0.3 is 0 Å². The fraction of sp³-hybridized carbons (Fsp3) is 0.492. The molecule has 12 rings (SSSR count). The minimum absolute atomic E-state index is 0.0843. The van der Waals surface area contributed by atoms with Gasteiger partial charge < -0.3 is 24.5 Å². The molecule has 3 aromatic carbocycles. The molecule has 9 heterocycles. The van der Waals surface area contributed by atoms with Crippen LogP contribution in [0.5, 0.6) is 0 Å². The molecule has 0 N–H and O–H groups in total. The summed E-state index contributed by atoms with van der Waals surface area (Å²) in [5.41, 5.74) is 8.67. The van der Waals surface area contributed by atoms with Crippen LogP contribution in [0.2, 0.25) is 0 Å². The van der Waals surface area contributed by atoms with Gasteiger partial charge in [-0.1, -0.05) is 36.4 Å². The molecule has 3 aromatic heterocycles. The van der Waals surface area contributed by atoms with E-state index >= 15 is 0 Å². The highest BCUT2D eigenvalue weighted by atomic mass is 32.2. The van der Waals surface area contributed by atoms with Gasteiger partial charge in [-0.25, -0.2) is 23.4 Å². The fourth-order valence-electron chi connectivity index (χ4n) is 12.0. The smallest absolute Gasteiger partial charge is 0.254 e. The molecule has 0 aliphatic carbocycles. The van der Waals surface area contributed by atoms with Crippen LogP contribution in [0.4, 0.5) is 0 Å². The highest BCUT2D eigenvalue weighted by molar-refractivity contribution is 7.92. The second kappa shape index (κ2) is 25.7. The van der Waals surface area contributed by atoms with E-state index < -0.39 is 9.84 Å². The number of aromatic nitrogens is 3. The largest absolute Gasteiger partial charge is 0.334 e. The minimum atomic E-state index is -3.30. The van der Waals surface area contributed by atoms with Crippen LogP contribution >= 0.6 is 34.0 Å². The summed E-state index contributed by atoms with van der Waals surface area (Å²) >= 11 is 4.33. The predicted octanol–water partition coefficient (Wildman–Crippen LogP) is 10.3. The molecule has 18 heteroatoms. The van der Waals surface area contributed by atoms with E-state index in [4.69, 9.17) is 0 Å². The maximum absolute atomic E-state index is 13.1. The van der Waals surface area contributed by atoms with Gasteiger partial charge in [-0.2, -0.15) is 0 Å². The third-order valence-electron chi connectivity index (χ3n) is 16.3. The number of hydrogen-bond donors (Lipinski definition) is 0. The van der Waals surface area contributed by atoms with Crippen LogP contribution in [0, 0.1) is 0 Å². The first kappa shape index (κ1) is 55.1. The van der Waals surface area contributed by atoms with Gasteiger partial charge in [0, 0.05) is 125 Å². The van der Waals surface area contributed by atoms with E-state index in [9.17, 15) is 22.8 Å². The van der Waals surface area contributed by atoms with E-state index in [1.165, 1.54) is 64.7 Å². The zero-order chi connectivity index (χ0) is 53.3. The van der Waals surface area contributed by atoms with Crippen molar-refractivity contribution in [3.63, 3.8) is 0 Å². The molecule has 0 unspecified atom stereocenters. The number of hydrogen-bond acceptors (Lipinski definition) is 14. The normalized spacial score (nSPS) is 22.1. The Hall–Kier alpha value is -5.21. The Morgan fingerprint density at radius 3 is 1.42 bits per heavy atom. The molecule has 0 radical (unpaired) electrons. The molecular formula is C59H73N9O5S4. The van der Waals surface area contributed by atoms with E-state index in [-0.39, 0.29) is 22.1 Å². The van der Waals surface area contributed by atoms with E-state index in [0.29, 0.717) is 35.4 Å². The lowest BCUT2D eigenvalue weighted by Crippen LogP contribution is -2.44. The van der Waals surface area contributed by atoms with Crippen molar-refractivity contribution in [3.05, 3.63) is 117 Å². The summed E-state index contributed by atoms with van der Waals surface area (Å²) in [4.78, 5) is 65.6. The zero-order valence-corrected chi connectivity index (χ0v) is 47.9. The number of benzene rings is 3. The molecular weight excluding hydrogens is 1040 g/mol. The molecule has 6 fully saturated rings. The van der Waals surface area contributed by atoms with Gasteiger partial charge in [-0.05, 0) is 153 Å². The van der Waals surface area contributed by atoms with Crippen molar-refractivity contribution in [2.45, 2.75) is 112 Å². The molecule has 3 amide bonds. The Balaban J connectivity index is 0.000000132. The highest BCUT2D eigenvalue weighted by Crippen LogP contribution is 2.30. The Morgan fingerprint density at radius 1 is 0.532 bits per heavy atom. The number of thiazole rings is 3. The van der Waals surface area contributed by atoms with E-state index in [1.54, 1.807) is 28.1 Å². The van der Waals surface area contributed by atoms with Gasteiger partial charge in [0.1, 0.15) is 5.01 Å². The molecule has 408 valence electrons. The number of rotatable bonds is 13. The van der Waals surface area contributed by atoms with Crippen LogP contribution < -0.4 is 0 Å². The summed E-state index contributed by atoms with van der Waals surface area (Å²) in [6.45, 7) is 13.9. The summed E-state index contributed by atoms with van der Waals surface area (Å²) < 4.78 is 23.4. The highest BCUT2D eigenvalue weighted by Gasteiger charge is 2.35. The number of likely N-dealkylation sites (tertiary alicyclic amines) is 6. The SMILES string of the molecule is C[C@@H]1CCCN1C[C@@H]1CCCN1C(=O)c1ccc(-c2csc(S(C)(=O)=O)n2)cc1.O=C(c1ccc(-c2cscn2)cc1)N1CCC[C@H]1CN1CCCC1.O=C(c1ccc(-c2nccs2)cc1)N1CCC[C@H]1CN1CCCC1. The molecule has 0 bridgehead atoms. The second-order valence-electron chi connectivity index (χ2n) is 21.6. The average molecular weight is 1120 g/mol. The molecule has 6 aliphatic heterocycles. The number of carbonyl (C=O) groups excluding carboxylic acids is 3. The van der Waals surface area contributed by atoms with Crippen LogP contribution in [-0.4, -0.2) is 173 Å². The van der Waals surface area contributed by atoms with Crippen LogP contribution in [0.1, 0.15) is 115 Å². The fourth-order valence-corrected chi connectivity index (χ4v) is 14.9. The van der Waals surface area contributed by atoms with Gasteiger partial charge in [0.25, 0.3) is 17.7 Å². The van der Waals surface area contributed by atoms with E-state index in [1.807, 2.05) is 100 Å². The van der Waals surface area contributed by atoms with Gasteiger partial charge in [0.05, 0.1) is 16.9 Å². The minimum Gasteiger partial charge on any atom is -0.334 e. The first-order chi connectivity index (χ1) is 37.4. The number of sulfone groups is 1. The predicted molar refractivity (Wildman–Crippen MR) is 310 cm³/mol. The summed E-state index contributed by atoms with van der Waals surface area (Å²) in [6.07, 6.45) is 17.3.